The molecule has 0 fully saturated rings. The van der Waals surface area contributed by atoms with E-state index < -0.39 is 10.0 Å². The van der Waals surface area contributed by atoms with Crippen molar-refractivity contribution in [3.8, 4) is 11.5 Å². The zero-order valence-corrected chi connectivity index (χ0v) is 18.0. The molecule has 0 aliphatic carbocycles. The lowest BCUT2D eigenvalue weighted by atomic mass is 10.1. The number of hydrazone groups is 1. The molecule has 0 amide bonds. The fraction of sp³-hybridized carbons (Fsp3) is 0.261. The number of nitrogens with one attached hydrogen (secondary N) is 1. The predicted octanol–water partition coefficient (Wildman–Crippen LogP) is 4.73. The van der Waals surface area contributed by atoms with Gasteiger partial charge in [0.05, 0.1) is 24.3 Å². The molecule has 0 atom stereocenters. The molecule has 3 aromatic rings. The van der Waals surface area contributed by atoms with E-state index in [-0.39, 0.29) is 4.90 Å². The summed E-state index contributed by atoms with van der Waals surface area (Å²) in [5.74, 6) is 1.27. The molecule has 3 rings (SSSR count). The first-order valence-corrected chi connectivity index (χ1v) is 11.4. The number of benzene rings is 3. The van der Waals surface area contributed by atoms with Gasteiger partial charge in [0.15, 0.2) is 11.5 Å². The lowest BCUT2D eigenvalue weighted by molar-refractivity contribution is 0.272. The van der Waals surface area contributed by atoms with Gasteiger partial charge >= 0.3 is 0 Å². The normalized spacial score (nSPS) is 11.7. The summed E-state index contributed by atoms with van der Waals surface area (Å²) >= 11 is 0. The second-order valence-corrected chi connectivity index (χ2v) is 8.36. The molecule has 30 heavy (non-hydrogen) atoms. The molecule has 3 aromatic carbocycles. The molecule has 6 nitrogen and oxygen atoms in total. The summed E-state index contributed by atoms with van der Waals surface area (Å²) in [7, 11) is -3.77. The molecule has 0 saturated carbocycles. The van der Waals surface area contributed by atoms with E-state index in [1.165, 1.54) is 6.21 Å². The van der Waals surface area contributed by atoms with Gasteiger partial charge in [0.2, 0.25) is 0 Å². The highest BCUT2D eigenvalue weighted by atomic mass is 32.2. The second-order valence-electron chi connectivity index (χ2n) is 6.70. The number of ether oxygens (including phenoxy) is 2. The molecule has 7 heteroatoms. The Morgan fingerprint density at radius 2 is 1.73 bits per heavy atom. The van der Waals surface area contributed by atoms with Crippen molar-refractivity contribution in [3.63, 3.8) is 0 Å². The van der Waals surface area contributed by atoms with E-state index in [1.54, 1.807) is 36.4 Å². The molecule has 0 saturated heterocycles. The average molecular weight is 427 g/mol. The maximum Gasteiger partial charge on any atom is 0.276 e. The van der Waals surface area contributed by atoms with Crippen LogP contribution in [0.2, 0.25) is 0 Å². The molecular formula is C23H26N2O4S. The first kappa shape index (κ1) is 21.6. The average Bonchev–Trinajstić information content (AvgIpc) is 2.75. The molecule has 0 aromatic heterocycles. The van der Waals surface area contributed by atoms with Crippen LogP contribution >= 0.6 is 0 Å². The summed E-state index contributed by atoms with van der Waals surface area (Å²) in [6.07, 6.45) is 3.45. The van der Waals surface area contributed by atoms with Crippen molar-refractivity contribution < 1.29 is 17.9 Å². The van der Waals surface area contributed by atoms with Gasteiger partial charge in [0.1, 0.15) is 0 Å². The fourth-order valence-electron chi connectivity index (χ4n) is 2.88. The topological polar surface area (TPSA) is 77.0 Å². The molecule has 0 radical (unpaired) electrons. The van der Waals surface area contributed by atoms with Crippen molar-refractivity contribution in [1.29, 1.82) is 0 Å². The third-order valence-electron chi connectivity index (χ3n) is 4.44. The number of rotatable bonds is 10. The van der Waals surface area contributed by atoms with Crippen LogP contribution < -0.4 is 14.3 Å². The first-order valence-electron chi connectivity index (χ1n) is 9.97. The Morgan fingerprint density at radius 1 is 0.933 bits per heavy atom. The van der Waals surface area contributed by atoms with Gasteiger partial charge in [-0.15, -0.1) is 0 Å². The van der Waals surface area contributed by atoms with Gasteiger partial charge in [-0.05, 0) is 60.0 Å². The quantitative estimate of drug-likeness (QED) is 0.289. The Hall–Kier alpha value is -3.06. The van der Waals surface area contributed by atoms with E-state index in [9.17, 15) is 8.42 Å². The highest BCUT2D eigenvalue weighted by molar-refractivity contribution is 7.89. The van der Waals surface area contributed by atoms with Crippen molar-refractivity contribution in [3.05, 3.63) is 66.2 Å². The van der Waals surface area contributed by atoms with Crippen LogP contribution in [0.4, 0.5) is 0 Å². The number of unbranched alkanes of at least 4 members (excludes halogenated alkanes) is 1. The van der Waals surface area contributed by atoms with Crippen molar-refractivity contribution in [2.24, 2.45) is 5.10 Å². The van der Waals surface area contributed by atoms with Crippen LogP contribution in [-0.2, 0) is 10.0 Å². The summed E-state index contributed by atoms with van der Waals surface area (Å²) in [4.78, 5) is 2.43. The summed E-state index contributed by atoms with van der Waals surface area (Å²) in [6, 6.07) is 17.9. The number of nitrogens with zero attached hydrogens (tertiary/aromatic N) is 1. The highest BCUT2D eigenvalue weighted by Crippen LogP contribution is 2.28. The van der Waals surface area contributed by atoms with Gasteiger partial charge < -0.3 is 9.47 Å². The number of fused-ring (bicyclic) bond motifs is 1. The molecule has 0 aliphatic heterocycles. The van der Waals surface area contributed by atoms with Crippen LogP contribution in [0, 0.1) is 0 Å². The van der Waals surface area contributed by atoms with Gasteiger partial charge in [-0.25, -0.2) is 4.83 Å². The van der Waals surface area contributed by atoms with Gasteiger partial charge in [0.25, 0.3) is 10.0 Å². The Labute approximate surface area is 177 Å². The Morgan fingerprint density at radius 3 is 2.50 bits per heavy atom. The molecule has 0 spiro atoms. The smallest absolute Gasteiger partial charge is 0.276 e. The zero-order chi connectivity index (χ0) is 21.4. The third kappa shape index (κ3) is 5.51. The number of sulfonamides is 1. The van der Waals surface area contributed by atoms with Gasteiger partial charge in [0, 0.05) is 0 Å². The lowest BCUT2D eigenvalue weighted by Gasteiger charge is -2.12. The van der Waals surface area contributed by atoms with Crippen molar-refractivity contribution in [2.75, 3.05) is 13.2 Å². The molecule has 0 aliphatic rings. The summed E-state index contributed by atoms with van der Waals surface area (Å²) < 4.78 is 36.5. The first-order chi connectivity index (χ1) is 14.5. The largest absolute Gasteiger partial charge is 0.490 e. The summed E-state index contributed by atoms with van der Waals surface area (Å²) in [5, 5.41) is 5.74. The molecular weight excluding hydrogens is 400 g/mol. The van der Waals surface area contributed by atoms with E-state index >= 15 is 0 Å². The molecule has 0 heterocycles. The van der Waals surface area contributed by atoms with Gasteiger partial charge in [-0.2, -0.15) is 13.5 Å². The SMILES string of the molecule is CCCCOc1ccc(C=NNS(=O)(=O)c2ccc3ccccc3c2)cc1OCC. The molecule has 158 valence electrons. The van der Waals surface area contributed by atoms with Crippen molar-refractivity contribution in [2.45, 2.75) is 31.6 Å². The Kier molecular flexibility index (Phi) is 7.30. The Balaban J connectivity index is 1.73. The Bertz CT molecular complexity index is 1130. The molecule has 0 bridgehead atoms. The maximum absolute atomic E-state index is 12.6. The van der Waals surface area contributed by atoms with E-state index in [4.69, 9.17) is 9.47 Å². The highest BCUT2D eigenvalue weighted by Gasteiger charge is 2.13. The van der Waals surface area contributed by atoms with E-state index in [0.29, 0.717) is 30.3 Å². The minimum atomic E-state index is -3.77. The van der Waals surface area contributed by atoms with Gasteiger partial charge in [-0.1, -0.05) is 43.7 Å². The monoisotopic (exact) mass is 426 g/mol. The fourth-order valence-corrected chi connectivity index (χ4v) is 3.70. The third-order valence-corrected chi connectivity index (χ3v) is 5.66. The summed E-state index contributed by atoms with van der Waals surface area (Å²) in [6.45, 7) is 5.12. The maximum atomic E-state index is 12.6. The van der Waals surface area contributed by atoms with Crippen molar-refractivity contribution >= 4 is 27.0 Å². The van der Waals surface area contributed by atoms with Crippen LogP contribution in [0.1, 0.15) is 32.3 Å². The molecule has 1 N–H and O–H groups in total. The van der Waals surface area contributed by atoms with E-state index in [2.05, 4.69) is 16.9 Å². The van der Waals surface area contributed by atoms with E-state index in [1.807, 2.05) is 31.2 Å². The number of hydrogen-bond acceptors (Lipinski definition) is 5. The molecule has 0 unspecified atom stereocenters. The minimum absolute atomic E-state index is 0.160. The van der Waals surface area contributed by atoms with Crippen molar-refractivity contribution in [1.82, 2.24) is 4.83 Å². The van der Waals surface area contributed by atoms with Crippen LogP contribution in [0.5, 0.6) is 11.5 Å². The minimum Gasteiger partial charge on any atom is -0.490 e. The van der Waals surface area contributed by atoms with Crippen LogP contribution in [0.15, 0.2) is 70.7 Å². The van der Waals surface area contributed by atoms with Crippen LogP contribution in [0.25, 0.3) is 10.8 Å². The van der Waals surface area contributed by atoms with Crippen LogP contribution in [-0.4, -0.2) is 27.8 Å². The second kappa shape index (κ2) is 10.1. The van der Waals surface area contributed by atoms with Crippen LogP contribution in [0.3, 0.4) is 0 Å². The standard InChI is InChI=1S/C23H26N2O4S/c1-3-5-14-29-22-13-10-18(15-23(22)28-4-2)17-24-25-30(26,27)21-12-11-19-8-6-7-9-20(19)16-21/h6-13,15-17,25H,3-5,14H2,1-2H3. The summed E-state index contributed by atoms with van der Waals surface area (Å²) in [5.41, 5.74) is 0.697. The van der Waals surface area contributed by atoms with E-state index in [0.717, 1.165) is 23.6 Å². The lowest BCUT2D eigenvalue weighted by Crippen LogP contribution is -2.18. The number of hydrogen-bond donors (Lipinski definition) is 1. The zero-order valence-electron chi connectivity index (χ0n) is 17.2. The van der Waals surface area contributed by atoms with Gasteiger partial charge in [-0.3, -0.25) is 0 Å². The predicted molar refractivity (Wildman–Crippen MR) is 120 cm³/mol.